The molecular formula is C21H29N3O5S. The van der Waals surface area contributed by atoms with E-state index in [1.165, 1.54) is 4.88 Å². The zero-order chi connectivity index (χ0) is 21.3. The quantitative estimate of drug-likeness (QED) is 0.635. The average molecular weight is 436 g/mol. The molecule has 2 aromatic rings. The minimum Gasteiger partial charge on any atom is -0.465 e. The molecule has 9 heteroatoms. The summed E-state index contributed by atoms with van der Waals surface area (Å²) in [7, 11) is 0. The zero-order valence-corrected chi connectivity index (χ0v) is 18.5. The van der Waals surface area contributed by atoms with E-state index in [1.807, 2.05) is 0 Å². The number of aromatic nitrogens is 2. The lowest BCUT2D eigenvalue weighted by Gasteiger charge is -2.26. The number of hydrogen-bond donors (Lipinski definition) is 0. The molecule has 0 bridgehead atoms. The molecule has 0 spiro atoms. The van der Waals surface area contributed by atoms with Crippen LogP contribution in [0.25, 0.3) is 10.2 Å². The van der Waals surface area contributed by atoms with E-state index in [0.717, 1.165) is 47.3 Å². The van der Waals surface area contributed by atoms with Gasteiger partial charge in [-0.15, -0.1) is 11.3 Å². The van der Waals surface area contributed by atoms with Gasteiger partial charge in [0, 0.05) is 31.1 Å². The number of fused-ring (bicyclic) bond motifs is 3. The molecular weight excluding hydrogens is 406 g/mol. The minimum atomic E-state index is -0.562. The lowest BCUT2D eigenvalue weighted by Crippen LogP contribution is -2.44. The van der Waals surface area contributed by atoms with Crippen molar-refractivity contribution in [1.29, 1.82) is 0 Å². The molecule has 0 amide bonds. The highest BCUT2D eigenvalue weighted by Crippen LogP contribution is 2.36. The van der Waals surface area contributed by atoms with Gasteiger partial charge in [-0.2, -0.15) is 0 Å². The number of ether oxygens (including phenoxy) is 2. The number of carbonyl (C=O) groups excluding carboxylic acids is 1. The highest BCUT2D eigenvalue weighted by Gasteiger charge is 2.26. The molecule has 1 aliphatic heterocycles. The van der Waals surface area contributed by atoms with Crippen molar-refractivity contribution in [2.24, 2.45) is 5.92 Å². The van der Waals surface area contributed by atoms with Gasteiger partial charge in [0.05, 0.1) is 25.2 Å². The summed E-state index contributed by atoms with van der Waals surface area (Å²) >= 11 is 1.57. The Morgan fingerprint density at radius 2 is 1.97 bits per heavy atom. The van der Waals surface area contributed by atoms with Gasteiger partial charge in [-0.25, -0.2) is 9.36 Å². The van der Waals surface area contributed by atoms with E-state index >= 15 is 0 Å². The third-order valence-electron chi connectivity index (χ3n) is 5.99. The van der Waals surface area contributed by atoms with Gasteiger partial charge in [-0.05, 0) is 37.7 Å². The van der Waals surface area contributed by atoms with Crippen LogP contribution in [0.4, 0.5) is 0 Å². The normalized spacial score (nSPS) is 19.7. The smallest absolute Gasteiger partial charge is 0.332 e. The number of morpholine rings is 1. The highest BCUT2D eigenvalue weighted by molar-refractivity contribution is 7.18. The van der Waals surface area contributed by atoms with Crippen LogP contribution >= 0.6 is 11.3 Å². The molecule has 0 radical (unpaired) electrons. The van der Waals surface area contributed by atoms with Crippen LogP contribution in [0, 0.1) is 5.92 Å². The molecule has 164 valence electrons. The van der Waals surface area contributed by atoms with Crippen molar-refractivity contribution in [3.8, 4) is 0 Å². The van der Waals surface area contributed by atoms with Gasteiger partial charge in [0.1, 0.15) is 11.4 Å². The molecule has 2 aliphatic rings. The molecule has 4 rings (SSSR count). The summed E-state index contributed by atoms with van der Waals surface area (Å²) in [6, 6.07) is 0. The third-order valence-corrected chi connectivity index (χ3v) is 7.31. The van der Waals surface area contributed by atoms with E-state index in [9.17, 15) is 14.4 Å². The third kappa shape index (κ3) is 4.10. The van der Waals surface area contributed by atoms with Crippen molar-refractivity contribution in [3.63, 3.8) is 0 Å². The molecule has 1 saturated heterocycles. The molecule has 3 heterocycles. The molecule has 1 aliphatic carbocycles. The van der Waals surface area contributed by atoms with Crippen LogP contribution in [0.1, 0.15) is 30.7 Å². The van der Waals surface area contributed by atoms with Gasteiger partial charge >= 0.3 is 11.7 Å². The summed E-state index contributed by atoms with van der Waals surface area (Å²) in [4.78, 5) is 42.9. The highest BCUT2D eigenvalue weighted by atomic mass is 32.1. The topological polar surface area (TPSA) is 82.8 Å². The second-order valence-electron chi connectivity index (χ2n) is 8.12. The van der Waals surface area contributed by atoms with Gasteiger partial charge < -0.3 is 9.47 Å². The van der Waals surface area contributed by atoms with Crippen LogP contribution in [-0.4, -0.2) is 59.5 Å². The predicted octanol–water partition coefficient (Wildman–Crippen LogP) is 1.24. The van der Waals surface area contributed by atoms with Crippen molar-refractivity contribution >= 4 is 27.5 Å². The van der Waals surface area contributed by atoms with Crippen LogP contribution in [0.2, 0.25) is 0 Å². The fourth-order valence-corrected chi connectivity index (χ4v) is 5.70. The molecule has 2 aromatic heterocycles. The zero-order valence-electron chi connectivity index (χ0n) is 17.6. The summed E-state index contributed by atoms with van der Waals surface area (Å²) in [5, 5.41) is 0.618. The summed E-state index contributed by atoms with van der Waals surface area (Å²) in [6.07, 6.45) is 2.87. The van der Waals surface area contributed by atoms with Crippen molar-refractivity contribution in [1.82, 2.24) is 14.0 Å². The van der Waals surface area contributed by atoms with Crippen LogP contribution in [-0.2, 0) is 40.2 Å². The fraction of sp³-hybridized carbons (Fsp3) is 0.667. The van der Waals surface area contributed by atoms with Crippen molar-refractivity contribution < 1.29 is 14.3 Å². The van der Waals surface area contributed by atoms with E-state index in [0.29, 0.717) is 37.6 Å². The Morgan fingerprint density at radius 3 is 2.70 bits per heavy atom. The molecule has 0 N–H and O–H groups in total. The second-order valence-corrected chi connectivity index (χ2v) is 9.20. The van der Waals surface area contributed by atoms with E-state index in [1.54, 1.807) is 22.8 Å². The predicted molar refractivity (Wildman–Crippen MR) is 115 cm³/mol. The Hall–Kier alpha value is -1.97. The Labute approximate surface area is 179 Å². The second kappa shape index (κ2) is 9.03. The first-order valence-corrected chi connectivity index (χ1v) is 11.5. The Kier molecular flexibility index (Phi) is 6.40. The van der Waals surface area contributed by atoms with Gasteiger partial charge in [-0.3, -0.25) is 19.1 Å². The van der Waals surface area contributed by atoms with Gasteiger partial charge in [0.25, 0.3) is 5.56 Å². The Bertz CT molecular complexity index is 1050. The Balaban J connectivity index is 1.80. The van der Waals surface area contributed by atoms with Gasteiger partial charge in [0.15, 0.2) is 0 Å². The first kappa shape index (κ1) is 21.3. The molecule has 0 unspecified atom stereocenters. The number of esters is 1. The molecule has 1 atom stereocenters. The summed E-state index contributed by atoms with van der Waals surface area (Å²) in [5.41, 5.74) is 0.272. The first-order valence-electron chi connectivity index (χ1n) is 10.7. The fourth-order valence-electron chi connectivity index (χ4n) is 4.35. The summed E-state index contributed by atoms with van der Waals surface area (Å²) in [6.45, 7) is 8.00. The van der Waals surface area contributed by atoms with Gasteiger partial charge in [0.2, 0.25) is 0 Å². The number of nitrogens with zero attached hydrogens (tertiary/aromatic N) is 3. The van der Waals surface area contributed by atoms with Crippen LogP contribution in [0.5, 0.6) is 0 Å². The van der Waals surface area contributed by atoms with E-state index in [2.05, 4.69) is 11.8 Å². The first-order chi connectivity index (χ1) is 14.5. The molecule has 1 fully saturated rings. The maximum absolute atomic E-state index is 13.3. The summed E-state index contributed by atoms with van der Waals surface area (Å²) < 4.78 is 13.2. The number of hydrogen-bond acceptors (Lipinski definition) is 7. The van der Waals surface area contributed by atoms with Crippen molar-refractivity contribution in [2.45, 2.75) is 46.2 Å². The van der Waals surface area contributed by atoms with Crippen molar-refractivity contribution in [2.75, 3.05) is 39.5 Å². The monoisotopic (exact) mass is 435 g/mol. The van der Waals surface area contributed by atoms with Crippen molar-refractivity contribution in [3.05, 3.63) is 31.3 Å². The van der Waals surface area contributed by atoms with Crippen LogP contribution in [0.3, 0.4) is 0 Å². The van der Waals surface area contributed by atoms with Gasteiger partial charge in [-0.1, -0.05) is 6.92 Å². The maximum atomic E-state index is 13.3. The molecule has 0 saturated carbocycles. The Morgan fingerprint density at radius 1 is 1.20 bits per heavy atom. The minimum absolute atomic E-state index is 0.215. The van der Waals surface area contributed by atoms with E-state index in [4.69, 9.17) is 9.47 Å². The summed E-state index contributed by atoms with van der Waals surface area (Å²) in [5.74, 6) is -0.0600. The number of rotatable bonds is 6. The molecule has 0 aromatic carbocycles. The number of thiophene rings is 1. The largest absolute Gasteiger partial charge is 0.465 e. The number of aryl methyl sites for hydroxylation is 1. The average Bonchev–Trinajstić information content (AvgIpc) is 3.10. The van der Waals surface area contributed by atoms with E-state index < -0.39 is 11.7 Å². The van der Waals surface area contributed by atoms with Crippen LogP contribution in [0.15, 0.2) is 9.59 Å². The van der Waals surface area contributed by atoms with Crippen LogP contribution < -0.4 is 11.2 Å². The van der Waals surface area contributed by atoms with E-state index in [-0.39, 0.29) is 18.7 Å². The lowest BCUT2D eigenvalue weighted by atomic mass is 9.89. The SMILES string of the molecule is CCOC(=O)Cn1c(=O)c2c3c(sc2n(CCN2CCOCC2)c1=O)CC[C@@H](C)C3. The lowest BCUT2D eigenvalue weighted by molar-refractivity contribution is -0.143. The standard InChI is InChI=1S/C21H29N3O5S/c1-3-29-17(25)13-24-19(26)18-15-12-14(2)4-5-16(15)30-20(18)23(21(24)27)7-6-22-8-10-28-11-9-22/h14H,3-13H2,1-2H3/t14-/m1/s1. The molecule has 30 heavy (non-hydrogen) atoms. The molecule has 8 nitrogen and oxygen atoms in total. The number of carbonyl (C=O) groups is 1. The maximum Gasteiger partial charge on any atom is 0.332 e.